The average Bonchev–Trinajstić information content (AvgIpc) is 2.61. The Bertz CT molecular complexity index is 280. The molecule has 0 spiro atoms. The summed E-state index contributed by atoms with van der Waals surface area (Å²) in [6.45, 7) is 2.87. The van der Waals surface area contributed by atoms with Crippen LogP contribution in [-0.4, -0.2) is 18.5 Å². The van der Waals surface area contributed by atoms with E-state index in [4.69, 9.17) is 4.74 Å². The number of ether oxygens (including phenoxy) is 1. The Morgan fingerprint density at radius 1 is 1.44 bits per heavy atom. The Morgan fingerprint density at radius 3 is 3.12 bits per heavy atom. The van der Waals surface area contributed by atoms with Crippen LogP contribution in [0.1, 0.15) is 51.9 Å². The van der Waals surface area contributed by atoms with Crippen molar-refractivity contribution in [1.82, 2.24) is 0 Å². The SMILES string of the molecule is CCC1OCCC1C(=O)C1=CCCCCC1. The Morgan fingerprint density at radius 2 is 2.31 bits per heavy atom. The summed E-state index contributed by atoms with van der Waals surface area (Å²) in [6.07, 6.45) is 10.0. The van der Waals surface area contributed by atoms with Gasteiger partial charge < -0.3 is 4.74 Å². The standard InChI is InChI=1S/C14H22O2/c1-2-13-12(9-10-16-13)14(15)11-7-5-3-4-6-8-11/h7,12-13H,2-6,8-10H2,1H3. The molecule has 0 aromatic carbocycles. The normalized spacial score (nSPS) is 30.9. The van der Waals surface area contributed by atoms with Crippen LogP contribution >= 0.6 is 0 Å². The van der Waals surface area contributed by atoms with E-state index in [0.717, 1.165) is 37.9 Å². The van der Waals surface area contributed by atoms with Crippen molar-refractivity contribution in [2.75, 3.05) is 6.61 Å². The minimum absolute atomic E-state index is 0.148. The van der Waals surface area contributed by atoms with Gasteiger partial charge in [-0.3, -0.25) is 4.79 Å². The summed E-state index contributed by atoms with van der Waals surface area (Å²) in [7, 11) is 0. The second-order valence-electron chi connectivity index (χ2n) is 4.91. The van der Waals surface area contributed by atoms with Crippen LogP contribution < -0.4 is 0 Å². The lowest BCUT2D eigenvalue weighted by molar-refractivity contribution is -0.121. The second-order valence-corrected chi connectivity index (χ2v) is 4.91. The summed E-state index contributed by atoms with van der Waals surface area (Å²) >= 11 is 0. The predicted octanol–water partition coefficient (Wildman–Crippen LogP) is 3.26. The Kier molecular flexibility index (Phi) is 4.16. The minimum Gasteiger partial charge on any atom is -0.377 e. The molecule has 1 fully saturated rings. The zero-order valence-corrected chi connectivity index (χ0v) is 10.2. The smallest absolute Gasteiger partial charge is 0.164 e. The predicted molar refractivity (Wildman–Crippen MR) is 64.3 cm³/mol. The first-order valence-electron chi connectivity index (χ1n) is 6.67. The number of rotatable bonds is 3. The van der Waals surface area contributed by atoms with E-state index < -0.39 is 0 Å². The van der Waals surface area contributed by atoms with Crippen molar-refractivity contribution in [2.24, 2.45) is 5.92 Å². The summed E-state index contributed by atoms with van der Waals surface area (Å²) in [5, 5.41) is 0. The monoisotopic (exact) mass is 222 g/mol. The van der Waals surface area contributed by atoms with E-state index in [2.05, 4.69) is 13.0 Å². The molecule has 0 N–H and O–H groups in total. The molecule has 1 heterocycles. The van der Waals surface area contributed by atoms with Crippen LogP contribution in [0.4, 0.5) is 0 Å². The molecule has 2 heteroatoms. The Hall–Kier alpha value is -0.630. The highest BCUT2D eigenvalue weighted by Crippen LogP contribution is 2.29. The van der Waals surface area contributed by atoms with Gasteiger partial charge in [0.2, 0.25) is 0 Å². The van der Waals surface area contributed by atoms with Gasteiger partial charge in [0, 0.05) is 6.61 Å². The molecular weight excluding hydrogens is 200 g/mol. The summed E-state index contributed by atoms with van der Waals surface area (Å²) in [6, 6.07) is 0. The zero-order chi connectivity index (χ0) is 11.4. The quantitative estimate of drug-likeness (QED) is 0.732. The lowest BCUT2D eigenvalue weighted by atomic mass is 9.88. The Labute approximate surface area is 98.1 Å². The number of hydrogen-bond acceptors (Lipinski definition) is 2. The van der Waals surface area contributed by atoms with E-state index in [1.165, 1.54) is 19.3 Å². The highest BCUT2D eigenvalue weighted by atomic mass is 16.5. The maximum absolute atomic E-state index is 12.4. The third-order valence-corrected chi connectivity index (χ3v) is 3.81. The van der Waals surface area contributed by atoms with Gasteiger partial charge in [0.1, 0.15) is 0 Å². The molecule has 1 saturated heterocycles. The van der Waals surface area contributed by atoms with Crippen molar-refractivity contribution < 1.29 is 9.53 Å². The summed E-state index contributed by atoms with van der Waals surface area (Å²) in [5.41, 5.74) is 1.09. The molecule has 1 aliphatic heterocycles. The van der Waals surface area contributed by atoms with Gasteiger partial charge >= 0.3 is 0 Å². The zero-order valence-electron chi connectivity index (χ0n) is 10.2. The van der Waals surface area contributed by atoms with Gasteiger partial charge in [-0.05, 0) is 44.1 Å². The average molecular weight is 222 g/mol. The number of ketones is 1. The van der Waals surface area contributed by atoms with Crippen molar-refractivity contribution in [2.45, 2.75) is 58.0 Å². The van der Waals surface area contributed by atoms with Gasteiger partial charge in [0.05, 0.1) is 12.0 Å². The number of allylic oxidation sites excluding steroid dienone is 2. The number of carbonyl (C=O) groups excluding carboxylic acids is 1. The van der Waals surface area contributed by atoms with E-state index in [1.807, 2.05) is 0 Å². The third kappa shape index (κ3) is 2.54. The molecule has 2 unspecified atom stereocenters. The summed E-state index contributed by atoms with van der Waals surface area (Å²) < 4.78 is 5.61. The fourth-order valence-corrected chi connectivity index (χ4v) is 2.83. The number of Topliss-reactive ketones (excluding diaryl/α,β-unsaturated/α-hetero) is 1. The van der Waals surface area contributed by atoms with Gasteiger partial charge in [-0.2, -0.15) is 0 Å². The molecule has 90 valence electrons. The fourth-order valence-electron chi connectivity index (χ4n) is 2.83. The highest BCUT2D eigenvalue weighted by Gasteiger charge is 2.33. The van der Waals surface area contributed by atoms with Crippen molar-refractivity contribution >= 4 is 5.78 Å². The largest absolute Gasteiger partial charge is 0.377 e. The fraction of sp³-hybridized carbons (Fsp3) is 0.786. The molecule has 0 radical (unpaired) electrons. The first kappa shape index (κ1) is 11.8. The molecule has 16 heavy (non-hydrogen) atoms. The Balaban J connectivity index is 2.02. The van der Waals surface area contributed by atoms with Crippen LogP contribution in [0, 0.1) is 5.92 Å². The molecule has 0 saturated carbocycles. The number of hydrogen-bond donors (Lipinski definition) is 0. The molecule has 2 rings (SSSR count). The molecule has 1 aliphatic carbocycles. The van der Waals surface area contributed by atoms with Crippen LogP contribution in [-0.2, 0) is 9.53 Å². The van der Waals surface area contributed by atoms with Gasteiger partial charge in [0.15, 0.2) is 5.78 Å². The molecule has 0 aromatic rings. The van der Waals surface area contributed by atoms with Crippen molar-refractivity contribution in [3.05, 3.63) is 11.6 Å². The lowest BCUT2D eigenvalue weighted by Gasteiger charge is -2.16. The van der Waals surface area contributed by atoms with Gasteiger partial charge in [0.25, 0.3) is 0 Å². The van der Waals surface area contributed by atoms with Crippen LogP contribution in [0.25, 0.3) is 0 Å². The molecule has 0 bridgehead atoms. The van der Waals surface area contributed by atoms with Crippen molar-refractivity contribution in [1.29, 1.82) is 0 Å². The third-order valence-electron chi connectivity index (χ3n) is 3.81. The van der Waals surface area contributed by atoms with Crippen molar-refractivity contribution in [3.8, 4) is 0 Å². The van der Waals surface area contributed by atoms with Crippen LogP contribution in [0.2, 0.25) is 0 Å². The van der Waals surface area contributed by atoms with Crippen LogP contribution in [0.15, 0.2) is 11.6 Å². The highest BCUT2D eigenvalue weighted by molar-refractivity contribution is 5.97. The van der Waals surface area contributed by atoms with Crippen LogP contribution in [0.5, 0.6) is 0 Å². The molecule has 2 nitrogen and oxygen atoms in total. The maximum atomic E-state index is 12.4. The molecule has 0 aromatic heterocycles. The van der Waals surface area contributed by atoms with E-state index in [9.17, 15) is 4.79 Å². The van der Waals surface area contributed by atoms with E-state index in [1.54, 1.807) is 0 Å². The van der Waals surface area contributed by atoms with Gasteiger partial charge in [-0.1, -0.05) is 19.4 Å². The lowest BCUT2D eigenvalue weighted by Crippen LogP contribution is -2.25. The first-order valence-corrected chi connectivity index (χ1v) is 6.67. The molecule has 0 amide bonds. The molecular formula is C14H22O2. The topological polar surface area (TPSA) is 26.3 Å². The van der Waals surface area contributed by atoms with Crippen molar-refractivity contribution in [3.63, 3.8) is 0 Å². The number of carbonyl (C=O) groups is 1. The summed E-state index contributed by atoms with van der Waals surface area (Å²) in [5.74, 6) is 0.528. The maximum Gasteiger partial charge on any atom is 0.164 e. The first-order chi connectivity index (χ1) is 7.83. The van der Waals surface area contributed by atoms with Gasteiger partial charge in [-0.15, -0.1) is 0 Å². The molecule has 2 aliphatic rings. The molecule has 2 atom stereocenters. The van der Waals surface area contributed by atoms with E-state index in [-0.39, 0.29) is 12.0 Å². The van der Waals surface area contributed by atoms with Crippen LogP contribution in [0.3, 0.4) is 0 Å². The minimum atomic E-state index is 0.148. The van der Waals surface area contributed by atoms with E-state index >= 15 is 0 Å². The summed E-state index contributed by atoms with van der Waals surface area (Å²) in [4.78, 5) is 12.4. The van der Waals surface area contributed by atoms with E-state index in [0.29, 0.717) is 5.78 Å². The van der Waals surface area contributed by atoms with Gasteiger partial charge in [-0.25, -0.2) is 0 Å². The second kappa shape index (κ2) is 5.62.